The third-order valence-corrected chi connectivity index (χ3v) is 4.54. The molecule has 0 spiro atoms. The molecule has 0 atom stereocenters. The highest BCUT2D eigenvalue weighted by Crippen LogP contribution is 2.16. The Kier molecular flexibility index (Phi) is 5.69. The molecular formula is C16H18ClNO3S. The third-order valence-electron chi connectivity index (χ3n) is 3.05. The van der Waals surface area contributed by atoms with Crippen LogP contribution in [0.2, 0.25) is 5.02 Å². The Bertz CT molecular complexity index is 714. The number of halogens is 1. The van der Waals surface area contributed by atoms with Crippen LogP contribution in [0.15, 0.2) is 48.5 Å². The molecule has 0 radical (unpaired) electrons. The van der Waals surface area contributed by atoms with Crippen molar-refractivity contribution in [2.45, 2.75) is 13.3 Å². The van der Waals surface area contributed by atoms with Crippen LogP contribution in [0.3, 0.4) is 0 Å². The average molecular weight is 340 g/mol. The van der Waals surface area contributed by atoms with Crippen molar-refractivity contribution in [3.63, 3.8) is 0 Å². The summed E-state index contributed by atoms with van der Waals surface area (Å²) in [7, 11) is -3.47. The molecule has 0 aliphatic heterocycles. The van der Waals surface area contributed by atoms with Gasteiger partial charge in [0, 0.05) is 10.7 Å². The topological polar surface area (TPSA) is 55.4 Å². The zero-order chi connectivity index (χ0) is 16.0. The van der Waals surface area contributed by atoms with E-state index in [1.54, 1.807) is 24.3 Å². The molecule has 0 amide bonds. The standard InChI is InChI=1S/C16H18ClNO3S/c1-2-13-6-8-16(9-7-13)21-10-11-22(19,20)18-15-5-3-4-14(17)12-15/h3-9,12,18H,2,10-11H2,1H3. The van der Waals surface area contributed by atoms with Crippen LogP contribution in [0.1, 0.15) is 12.5 Å². The van der Waals surface area contributed by atoms with Crippen LogP contribution in [0.4, 0.5) is 5.69 Å². The average Bonchev–Trinajstić information content (AvgIpc) is 2.47. The summed E-state index contributed by atoms with van der Waals surface area (Å²) in [6.45, 7) is 2.16. The lowest BCUT2D eigenvalue weighted by Crippen LogP contribution is -2.21. The summed E-state index contributed by atoms with van der Waals surface area (Å²) in [6, 6.07) is 14.2. The molecule has 0 aromatic heterocycles. The van der Waals surface area contributed by atoms with Gasteiger partial charge in [-0.2, -0.15) is 0 Å². The van der Waals surface area contributed by atoms with Crippen molar-refractivity contribution in [3.05, 3.63) is 59.1 Å². The van der Waals surface area contributed by atoms with Crippen molar-refractivity contribution in [1.82, 2.24) is 0 Å². The molecule has 118 valence electrons. The fourth-order valence-electron chi connectivity index (χ4n) is 1.87. The maximum absolute atomic E-state index is 12.0. The SMILES string of the molecule is CCc1ccc(OCCS(=O)(=O)Nc2cccc(Cl)c2)cc1. The lowest BCUT2D eigenvalue weighted by Gasteiger charge is -2.10. The molecule has 6 heteroatoms. The molecule has 0 unspecified atom stereocenters. The first kappa shape index (κ1) is 16.6. The van der Waals surface area contributed by atoms with Crippen molar-refractivity contribution in [3.8, 4) is 5.75 Å². The van der Waals surface area contributed by atoms with Gasteiger partial charge in [-0.05, 0) is 42.3 Å². The number of sulfonamides is 1. The summed E-state index contributed by atoms with van der Waals surface area (Å²) < 4.78 is 31.9. The second kappa shape index (κ2) is 7.51. The van der Waals surface area contributed by atoms with Gasteiger partial charge in [-0.15, -0.1) is 0 Å². The van der Waals surface area contributed by atoms with Gasteiger partial charge in [0.05, 0.1) is 0 Å². The number of aryl methyl sites for hydroxylation is 1. The van der Waals surface area contributed by atoms with Crippen molar-refractivity contribution in [2.24, 2.45) is 0 Å². The Morgan fingerprint density at radius 1 is 1.14 bits per heavy atom. The summed E-state index contributed by atoms with van der Waals surface area (Å²) in [5.41, 5.74) is 1.65. The summed E-state index contributed by atoms with van der Waals surface area (Å²) in [5, 5.41) is 0.479. The zero-order valence-electron chi connectivity index (χ0n) is 12.3. The number of anilines is 1. The Hall–Kier alpha value is -1.72. The van der Waals surface area contributed by atoms with E-state index in [-0.39, 0.29) is 12.4 Å². The van der Waals surface area contributed by atoms with Gasteiger partial charge >= 0.3 is 0 Å². The normalized spacial score (nSPS) is 11.2. The van der Waals surface area contributed by atoms with Crippen molar-refractivity contribution in [2.75, 3.05) is 17.1 Å². The Labute approximate surface area is 136 Å². The third kappa shape index (κ3) is 5.24. The molecule has 2 rings (SSSR count). The highest BCUT2D eigenvalue weighted by atomic mass is 35.5. The van der Waals surface area contributed by atoms with E-state index in [2.05, 4.69) is 11.6 Å². The minimum absolute atomic E-state index is 0.0847. The predicted octanol–water partition coefficient (Wildman–Crippen LogP) is 3.72. The fraction of sp³-hybridized carbons (Fsp3) is 0.250. The van der Waals surface area contributed by atoms with Crippen LogP contribution in [-0.4, -0.2) is 20.8 Å². The first-order chi connectivity index (χ1) is 10.5. The predicted molar refractivity (Wildman–Crippen MR) is 90.2 cm³/mol. The molecule has 1 N–H and O–H groups in total. The Morgan fingerprint density at radius 3 is 2.50 bits per heavy atom. The van der Waals surface area contributed by atoms with Gasteiger partial charge < -0.3 is 4.74 Å². The molecule has 22 heavy (non-hydrogen) atoms. The van der Waals surface area contributed by atoms with Crippen LogP contribution in [0.25, 0.3) is 0 Å². The first-order valence-electron chi connectivity index (χ1n) is 6.96. The van der Waals surface area contributed by atoms with Gasteiger partial charge in [0.1, 0.15) is 18.1 Å². The lowest BCUT2D eigenvalue weighted by atomic mass is 10.2. The summed E-state index contributed by atoms with van der Waals surface area (Å²) in [4.78, 5) is 0. The summed E-state index contributed by atoms with van der Waals surface area (Å²) >= 11 is 5.82. The quantitative estimate of drug-likeness (QED) is 0.836. The molecule has 4 nitrogen and oxygen atoms in total. The van der Waals surface area contributed by atoms with E-state index in [1.165, 1.54) is 5.56 Å². The maximum atomic E-state index is 12.0. The van der Waals surface area contributed by atoms with Crippen LogP contribution >= 0.6 is 11.6 Å². The number of ether oxygens (including phenoxy) is 1. The van der Waals surface area contributed by atoms with Gasteiger partial charge in [0.2, 0.25) is 10.0 Å². The molecule has 0 saturated carbocycles. The molecule has 0 bridgehead atoms. The number of hydrogen-bond donors (Lipinski definition) is 1. The first-order valence-corrected chi connectivity index (χ1v) is 8.99. The molecular weight excluding hydrogens is 322 g/mol. The monoisotopic (exact) mass is 339 g/mol. The number of benzene rings is 2. The number of hydrogen-bond acceptors (Lipinski definition) is 3. The molecule has 0 fully saturated rings. The number of nitrogens with one attached hydrogen (secondary N) is 1. The van der Waals surface area contributed by atoms with E-state index in [4.69, 9.17) is 16.3 Å². The Balaban J connectivity index is 1.86. The van der Waals surface area contributed by atoms with Crippen LogP contribution in [-0.2, 0) is 16.4 Å². The second-order valence-electron chi connectivity index (χ2n) is 4.78. The fourth-order valence-corrected chi connectivity index (χ4v) is 2.95. The second-order valence-corrected chi connectivity index (χ2v) is 7.06. The van der Waals surface area contributed by atoms with Gasteiger partial charge in [-0.3, -0.25) is 4.72 Å². The van der Waals surface area contributed by atoms with Crippen LogP contribution in [0, 0.1) is 0 Å². The Morgan fingerprint density at radius 2 is 1.86 bits per heavy atom. The molecule has 0 heterocycles. The van der Waals surface area contributed by atoms with Crippen LogP contribution in [0.5, 0.6) is 5.75 Å². The van der Waals surface area contributed by atoms with Crippen molar-refractivity contribution in [1.29, 1.82) is 0 Å². The minimum Gasteiger partial charge on any atom is -0.492 e. The van der Waals surface area contributed by atoms with E-state index in [1.807, 2.05) is 24.3 Å². The smallest absolute Gasteiger partial charge is 0.236 e. The van der Waals surface area contributed by atoms with E-state index in [9.17, 15) is 8.42 Å². The van der Waals surface area contributed by atoms with E-state index in [0.717, 1.165) is 6.42 Å². The van der Waals surface area contributed by atoms with E-state index in [0.29, 0.717) is 16.5 Å². The van der Waals surface area contributed by atoms with E-state index < -0.39 is 10.0 Å². The minimum atomic E-state index is -3.47. The molecule has 2 aromatic carbocycles. The zero-order valence-corrected chi connectivity index (χ0v) is 13.8. The molecule has 0 saturated heterocycles. The van der Waals surface area contributed by atoms with Gasteiger partial charge in [-0.1, -0.05) is 36.7 Å². The molecule has 0 aliphatic carbocycles. The van der Waals surface area contributed by atoms with Crippen molar-refractivity contribution >= 4 is 27.3 Å². The number of rotatable bonds is 7. The maximum Gasteiger partial charge on any atom is 0.236 e. The lowest BCUT2D eigenvalue weighted by molar-refractivity contribution is 0.341. The van der Waals surface area contributed by atoms with Crippen LogP contribution < -0.4 is 9.46 Å². The molecule has 2 aromatic rings. The van der Waals surface area contributed by atoms with Gasteiger partial charge in [0.15, 0.2) is 0 Å². The summed E-state index contributed by atoms with van der Waals surface area (Å²) in [5.74, 6) is 0.532. The highest BCUT2D eigenvalue weighted by molar-refractivity contribution is 7.92. The van der Waals surface area contributed by atoms with Gasteiger partial charge in [0.25, 0.3) is 0 Å². The highest BCUT2D eigenvalue weighted by Gasteiger charge is 2.11. The largest absolute Gasteiger partial charge is 0.492 e. The van der Waals surface area contributed by atoms with Gasteiger partial charge in [-0.25, -0.2) is 8.42 Å². The molecule has 0 aliphatic rings. The summed E-state index contributed by atoms with van der Waals surface area (Å²) in [6.07, 6.45) is 0.957. The van der Waals surface area contributed by atoms with Crippen molar-refractivity contribution < 1.29 is 13.2 Å². The van der Waals surface area contributed by atoms with E-state index >= 15 is 0 Å².